The fraction of sp³-hybridized carbons (Fsp3) is 0.318. The summed E-state index contributed by atoms with van der Waals surface area (Å²) in [5, 5.41) is 19.2. The van der Waals surface area contributed by atoms with Crippen LogP contribution in [0, 0.1) is 0 Å². The standard InChI is InChI=1S/C22H25N3O/c26-22(18-11-5-2-6-12-18)21(17-9-3-1-4-10-17)23-16-19-15-20-13-7-8-14-25(20)24-19/h1-6,9-12,15,21-23,26H,7-8,13-14,16H2/t21-,22+/m1/s1. The number of benzene rings is 2. The van der Waals surface area contributed by atoms with Gasteiger partial charge in [-0.2, -0.15) is 5.10 Å². The molecule has 1 aromatic heterocycles. The number of nitrogens with zero attached hydrogens (tertiary/aromatic N) is 2. The molecule has 0 aliphatic carbocycles. The predicted octanol–water partition coefficient (Wildman–Crippen LogP) is 3.78. The van der Waals surface area contributed by atoms with Gasteiger partial charge in [0.25, 0.3) is 0 Å². The molecule has 4 nitrogen and oxygen atoms in total. The number of aliphatic hydroxyl groups is 1. The van der Waals surface area contributed by atoms with E-state index in [9.17, 15) is 5.11 Å². The smallest absolute Gasteiger partial charge is 0.0984 e. The van der Waals surface area contributed by atoms with Crippen molar-refractivity contribution < 1.29 is 5.11 Å². The van der Waals surface area contributed by atoms with E-state index in [0.717, 1.165) is 29.8 Å². The minimum Gasteiger partial charge on any atom is -0.386 e. The molecule has 4 heteroatoms. The second kappa shape index (κ2) is 7.85. The molecule has 2 aromatic carbocycles. The Balaban J connectivity index is 1.54. The van der Waals surface area contributed by atoms with Gasteiger partial charge in [0.1, 0.15) is 0 Å². The number of aromatic nitrogens is 2. The lowest BCUT2D eigenvalue weighted by molar-refractivity contribution is 0.127. The first-order chi connectivity index (χ1) is 12.8. The molecule has 0 unspecified atom stereocenters. The highest BCUT2D eigenvalue weighted by molar-refractivity contribution is 5.26. The maximum Gasteiger partial charge on any atom is 0.0984 e. The van der Waals surface area contributed by atoms with Crippen LogP contribution in [-0.2, 0) is 19.5 Å². The van der Waals surface area contributed by atoms with Crippen molar-refractivity contribution in [3.05, 3.63) is 89.2 Å². The zero-order chi connectivity index (χ0) is 17.8. The Hall–Kier alpha value is -2.43. The van der Waals surface area contributed by atoms with E-state index in [0.29, 0.717) is 6.54 Å². The molecular formula is C22H25N3O. The van der Waals surface area contributed by atoms with Gasteiger partial charge >= 0.3 is 0 Å². The molecule has 0 spiro atoms. The summed E-state index contributed by atoms with van der Waals surface area (Å²) in [6.07, 6.45) is 2.96. The molecule has 4 rings (SSSR count). The summed E-state index contributed by atoms with van der Waals surface area (Å²) in [4.78, 5) is 0. The molecule has 1 aliphatic heterocycles. The molecular weight excluding hydrogens is 322 g/mol. The summed E-state index contributed by atoms with van der Waals surface area (Å²) in [5.41, 5.74) is 4.36. The van der Waals surface area contributed by atoms with Crippen LogP contribution >= 0.6 is 0 Å². The second-order valence-electron chi connectivity index (χ2n) is 6.93. The van der Waals surface area contributed by atoms with Crippen LogP contribution in [0.15, 0.2) is 66.7 Å². The van der Waals surface area contributed by atoms with E-state index in [1.807, 2.05) is 48.5 Å². The first-order valence-electron chi connectivity index (χ1n) is 9.38. The van der Waals surface area contributed by atoms with E-state index in [1.165, 1.54) is 18.5 Å². The van der Waals surface area contributed by atoms with Gasteiger partial charge in [0.2, 0.25) is 0 Å². The van der Waals surface area contributed by atoms with Gasteiger partial charge in [-0.1, -0.05) is 60.7 Å². The number of aliphatic hydroxyl groups excluding tert-OH is 1. The van der Waals surface area contributed by atoms with Crippen molar-refractivity contribution in [1.29, 1.82) is 0 Å². The van der Waals surface area contributed by atoms with Gasteiger partial charge in [0.15, 0.2) is 0 Å². The Labute approximate surface area is 154 Å². The lowest BCUT2D eigenvalue weighted by Gasteiger charge is -2.25. The first kappa shape index (κ1) is 17.0. The van der Waals surface area contributed by atoms with Gasteiger partial charge in [-0.05, 0) is 36.5 Å². The lowest BCUT2D eigenvalue weighted by Crippen LogP contribution is -2.27. The molecule has 3 aromatic rings. The van der Waals surface area contributed by atoms with Gasteiger partial charge in [0.05, 0.1) is 17.8 Å². The highest BCUT2D eigenvalue weighted by atomic mass is 16.3. The average Bonchev–Trinajstić information content (AvgIpc) is 3.12. The SMILES string of the molecule is O[C@@H](c1ccccc1)[C@H](NCc1cc2n(n1)CCCC2)c1ccccc1. The predicted molar refractivity (Wildman–Crippen MR) is 103 cm³/mol. The average molecular weight is 347 g/mol. The normalized spacial score (nSPS) is 16.0. The van der Waals surface area contributed by atoms with Crippen LogP contribution in [0.3, 0.4) is 0 Å². The Bertz CT molecular complexity index is 806. The molecule has 2 heterocycles. The Morgan fingerprint density at radius 3 is 2.35 bits per heavy atom. The van der Waals surface area contributed by atoms with Gasteiger partial charge in [0, 0.05) is 18.8 Å². The van der Waals surface area contributed by atoms with Crippen LogP contribution in [-0.4, -0.2) is 14.9 Å². The van der Waals surface area contributed by atoms with Gasteiger partial charge in [-0.15, -0.1) is 0 Å². The van der Waals surface area contributed by atoms with Crippen molar-refractivity contribution >= 4 is 0 Å². The minimum absolute atomic E-state index is 0.183. The van der Waals surface area contributed by atoms with Crippen LogP contribution in [0.4, 0.5) is 0 Å². The van der Waals surface area contributed by atoms with Gasteiger partial charge in [-0.25, -0.2) is 0 Å². The summed E-state index contributed by atoms with van der Waals surface area (Å²) in [7, 11) is 0. The first-order valence-corrected chi connectivity index (χ1v) is 9.38. The highest BCUT2D eigenvalue weighted by Gasteiger charge is 2.23. The quantitative estimate of drug-likeness (QED) is 0.713. The van der Waals surface area contributed by atoms with Crippen molar-refractivity contribution in [3.63, 3.8) is 0 Å². The second-order valence-corrected chi connectivity index (χ2v) is 6.93. The Morgan fingerprint density at radius 1 is 0.962 bits per heavy atom. The Morgan fingerprint density at radius 2 is 1.65 bits per heavy atom. The largest absolute Gasteiger partial charge is 0.386 e. The number of fused-ring (bicyclic) bond motifs is 1. The maximum atomic E-state index is 11.0. The molecule has 2 N–H and O–H groups in total. The molecule has 1 aliphatic rings. The van der Waals surface area contributed by atoms with Crippen LogP contribution in [0.2, 0.25) is 0 Å². The Kier molecular flexibility index (Phi) is 5.14. The number of nitrogens with one attached hydrogen (secondary N) is 1. The molecule has 26 heavy (non-hydrogen) atoms. The molecule has 0 bridgehead atoms. The lowest BCUT2D eigenvalue weighted by atomic mass is 9.95. The highest BCUT2D eigenvalue weighted by Crippen LogP contribution is 2.29. The number of hydrogen-bond acceptors (Lipinski definition) is 3. The van der Waals surface area contributed by atoms with E-state index < -0.39 is 6.10 Å². The van der Waals surface area contributed by atoms with E-state index in [2.05, 4.69) is 28.2 Å². The summed E-state index contributed by atoms with van der Waals surface area (Å²) in [6, 6.07) is 22.0. The fourth-order valence-electron chi connectivity index (χ4n) is 3.69. The zero-order valence-electron chi connectivity index (χ0n) is 14.9. The minimum atomic E-state index is -0.615. The topological polar surface area (TPSA) is 50.1 Å². The summed E-state index contributed by atoms with van der Waals surface area (Å²) in [6.45, 7) is 1.66. The molecule has 0 saturated carbocycles. The van der Waals surface area contributed by atoms with Crippen LogP contribution in [0.5, 0.6) is 0 Å². The number of hydrogen-bond donors (Lipinski definition) is 2. The van der Waals surface area contributed by atoms with Crippen LogP contribution < -0.4 is 5.32 Å². The van der Waals surface area contributed by atoms with E-state index in [4.69, 9.17) is 5.10 Å². The number of rotatable bonds is 6. The third-order valence-corrected chi connectivity index (χ3v) is 5.09. The van der Waals surface area contributed by atoms with E-state index in [1.54, 1.807) is 0 Å². The molecule has 0 amide bonds. The maximum absolute atomic E-state index is 11.0. The van der Waals surface area contributed by atoms with Crippen molar-refractivity contribution in [3.8, 4) is 0 Å². The van der Waals surface area contributed by atoms with E-state index in [-0.39, 0.29) is 6.04 Å². The van der Waals surface area contributed by atoms with Crippen LogP contribution in [0.25, 0.3) is 0 Å². The molecule has 2 atom stereocenters. The third kappa shape index (κ3) is 3.71. The molecule has 0 saturated heterocycles. The summed E-state index contributed by atoms with van der Waals surface area (Å²) < 4.78 is 2.13. The van der Waals surface area contributed by atoms with Crippen LogP contribution in [0.1, 0.15) is 47.5 Å². The molecule has 0 radical (unpaired) electrons. The number of aryl methyl sites for hydroxylation is 2. The van der Waals surface area contributed by atoms with Crippen molar-refractivity contribution in [2.75, 3.05) is 0 Å². The third-order valence-electron chi connectivity index (χ3n) is 5.09. The summed E-state index contributed by atoms with van der Waals surface area (Å²) in [5.74, 6) is 0. The monoisotopic (exact) mass is 347 g/mol. The van der Waals surface area contributed by atoms with Crippen molar-refractivity contribution in [2.45, 2.75) is 44.5 Å². The zero-order valence-corrected chi connectivity index (χ0v) is 14.9. The van der Waals surface area contributed by atoms with Crippen molar-refractivity contribution in [1.82, 2.24) is 15.1 Å². The van der Waals surface area contributed by atoms with E-state index >= 15 is 0 Å². The van der Waals surface area contributed by atoms with Crippen molar-refractivity contribution in [2.24, 2.45) is 0 Å². The van der Waals surface area contributed by atoms with Gasteiger partial charge in [-0.3, -0.25) is 4.68 Å². The molecule has 0 fully saturated rings. The molecule has 134 valence electrons. The fourth-order valence-corrected chi connectivity index (χ4v) is 3.69. The van der Waals surface area contributed by atoms with Gasteiger partial charge < -0.3 is 10.4 Å². The summed E-state index contributed by atoms with van der Waals surface area (Å²) >= 11 is 0.